The molecule has 6 nitrogen and oxygen atoms in total. The van der Waals surface area contributed by atoms with Crippen LogP contribution in [0.2, 0.25) is 0 Å². The van der Waals surface area contributed by atoms with Crippen LogP contribution in [0.3, 0.4) is 0 Å². The van der Waals surface area contributed by atoms with Gasteiger partial charge in [-0.15, -0.1) is 0 Å². The topological polar surface area (TPSA) is 96.6 Å². The Morgan fingerprint density at radius 1 is 1.17 bits per heavy atom. The molecule has 2 N–H and O–H groups in total. The highest BCUT2D eigenvalue weighted by Gasteiger charge is 2.58. The quantitative estimate of drug-likeness (QED) is 0.824. The van der Waals surface area contributed by atoms with Gasteiger partial charge < -0.3 is 14.8 Å². The van der Waals surface area contributed by atoms with Crippen molar-refractivity contribution in [2.75, 3.05) is 0 Å². The van der Waals surface area contributed by atoms with Crippen LogP contribution in [0, 0.1) is 5.92 Å². The first-order valence-electron chi connectivity index (χ1n) is 5.67. The lowest BCUT2D eigenvalue weighted by Gasteiger charge is -2.62. The van der Waals surface area contributed by atoms with Crippen LogP contribution in [-0.2, 0) is 5.54 Å². The fourth-order valence-electron chi connectivity index (χ4n) is 2.98. The van der Waals surface area contributed by atoms with Gasteiger partial charge in [-0.3, -0.25) is 4.79 Å². The second-order valence-corrected chi connectivity index (χ2v) is 5.12. The summed E-state index contributed by atoms with van der Waals surface area (Å²) in [7, 11) is 0. The Kier molecular flexibility index (Phi) is 1.97. The van der Waals surface area contributed by atoms with E-state index in [1.165, 1.54) is 10.8 Å². The fourth-order valence-corrected chi connectivity index (χ4v) is 2.98. The SMILES string of the molecule is O=C(O)c1cc(=O)n(C23CC(C2)C3)cc1C(=O)O. The smallest absolute Gasteiger partial charge is 0.338 e. The van der Waals surface area contributed by atoms with Gasteiger partial charge in [-0.05, 0) is 25.2 Å². The third kappa shape index (κ3) is 1.25. The van der Waals surface area contributed by atoms with E-state index in [1.54, 1.807) is 0 Å². The Morgan fingerprint density at radius 3 is 2.11 bits per heavy atom. The lowest BCUT2D eigenvalue weighted by atomic mass is 9.49. The molecule has 1 aromatic rings. The summed E-state index contributed by atoms with van der Waals surface area (Å²) in [6.45, 7) is 0. The molecule has 6 heteroatoms. The molecule has 0 aromatic carbocycles. The van der Waals surface area contributed by atoms with Gasteiger partial charge in [-0.2, -0.15) is 0 Å². The van der Waals surface area contributed by atoms with Crippen LogP contribution in [0.1, 0.15) is 40.0 Å². The molecule has 0 aliphatic heterocycles. The lowest BCUT2D eigenvalue weighted by Crippen LogP contribution is -2.62. The van der Waals surface area contributed by atoms with E-state index >= 15 is 0 Å². The van der Waals surface area contributed by atoms with E-state index in [-0.39, 0.29) is 11.1 Å². The normalized spacial score (nSPS) is 28.1. The van der Waals surface area contributed by atoms with Gasteiger partial charge in [-0.1, -0.05) is 0 Å². The van der Waals surface area contributed by atoms with Crippen LogP contribution in [0.15, 0.2) is 17.1 Å². The number of hydrogen-bond donors (Lipinski definition) is 2. The van der Waals surface area contributed by atoms with Gasteiger partial charge in [0.1, 0.15) is 0 Å². The zero-order chi connectivity index (χ0) is 13.1. The third-order valence-electron chi connectivity index (χ3n) is 4.03. The Morgan fingerprint density at radius 2 is 1.72 bits per heavy atom. The number of hydrogen-bond acceptors (Lipinski definition) is 3. The first-order valence-corrected chi connectivity index (χ1v) is 5.67. The number of pyridine rings is 1. The molecule has 2 bridgehead atoms. The number of carbonyl (C=O) groups is 2. The van der Waals surface area contributed by atoms with Crippen molar-refractivity contribution in [2.24, 2.45) is 5.92 Å². The standard InChI is InChI=1S/C12H11NO5/c14-9-1-7(10(15)16)8(11(17)18)5-13(9)12-2-6(3-12)4-12/h1,5-6H,2-4H2,(H,15,16)(H,17,18). The number of rotatable bonds is 3. The molecule has 94 valence electrons. The largest absolute Gasteiger partial charge is 0.478 e. The first-order chi connectivity index (χ1) is 8.43. The van der Waals surface area contributed by atoms with Gasteiger partial charge in [0.15, 0.2) is 0 Å². The van der Waals surface area contributed by atoms with Crippen LogP contribution in [0.5, 0.6) is 0 Å². The second kappa shape index (κ2) is 3.22. The molecule has 3 aliphatic carbocycles. The van der Waals surface area contributed by atoms with E-state index in [1.807, 2.05) is 0 Å². The van der Waals surface area contributed by atoms with Crippen molar-refractivity contribution in [1.82, 2.24) is 4.57 Å². The van der Waals surface area contributed by atoms with Crippen molar-refractivity contribution in [1.29, 1.82) is 0 Å². The number of nitrogens with zero attached hydrogens (tertiary/aromatic N) is 1. The second-order valence-electron chi connectivity index (χ2n) is 5.12. The highest BCUT2D eigenvalue weighted by atomic mass is 16.4. The summed E-state index contributed by atoms with van der Waals surface area (Å²) in [4.78, 5) is 33.9. The number of aromatic carboxylic acids is 2. The van der Waals surface area contributed by atoms with Crippen molar-refractivity contribution >= 4 is 11.9 Å². The molecule has 0 unspecified atom stereocenters. The maximum absolute atomic E-state index is 11.9. The van der Waals surface area contributed by atoms with E-state index in [0.717, 1.165) is 25.3 Å². The highest BCUT2D eigenvalue weighted by molar-refractivity contribution is 6.01. The molecule has 1 heterocycles. The molecule has 18 heavy (non-hydrogen) atoms. The Balaban J connectivity index is 2.17. The molecule has 4 rings (SSSR count). The van der Waals surface area contributed by atoms with Crippen molar-refractivity contribution in [3.05, 3.63) is 33.7 Å². The predicted molar refractivity (Wildman–Crippen MR) is 59.9 cm³/mol. The van der Waals surface area contributed by atoms with Crippen LogP contribution in [0.25, 0.3) is 0 Å². The van der Waals surface area contributed by atoms with E-state index in [4.69, 9.17) is 10.2 Å². The van der Waals surface area contributed by atoms with Gasteiger partial charge in [0.25, 0.3) is 5.56 Å². The molecule has 1 aromatic heterocycles. The predicted octanol–water partition coefficient (Wildman–Crippen LogP) is 0.754. The lowest BCUT2D eigenvalue weighted by molar-refractivity contribution is -0.0915. The Hall–Kier alpha value is -2.11. The van der Waals surface area contributed by atoms with Gasteiger partial charge in [0.05, 0.1) is 11.1 Å². The number of aromatic nitrogens is 1. The summed E-state index contributed by atoms with van der Waals surface area (Å²) in [5.41, 5.74) is -1.46. The van der Waals surface area contributed by atoms with Crippen LogP contribution in [0.4, 0.5) is 0 Å². The molecule has 0 amide bonds. The zero-order valence-electron chi connectivity index (χ0n) is 9.42. The van der Waals surface area contributed by atoms with Gasteiger partial charge >= 0.3 is 11.9 Å². The van der Waals surface area contributed by atoms with Crippen molar-refractivity contribution in [3.8, 4) is 0 Å². The summed E-state index contributed by atoms with van der Waals surface area (Å²) in [5.74, 6) is -2.08. The van der Waals surface area contributed by atoms with Crippen molar-refractivity contribution in [2.45, 2.75) is 24.8 Å². The molecule has 0 spiro atoms. The minimum absolute atomic E-state index is 0.247. The van der Waals surface area contributed by atoms with Crippen molar-refractivity contribution in [3.63, 3.8) is 0 Å². The van der Waals surface area contributed by atoms with Crippen LogP contribution >= 0.6 is 0 Å². The maximum atomic E-state index is 11.9. The van der Waals surface area contributed by atoms with Gasteiger partial charge in [0, 0.05) is 17.8 Å². The minimum Gasteiger partial charge on any atom is -0.478 e. The average molecular weight is 249 g/mol. The monoisotopic (exact) mass is 249 g/mol. The van der Waals surface area contributed by atoms with Gasteiger partial charge in [-0.25, -0.2) is 9.59 Å². The average Bonchev–Trinajstić information content (AvgIpc) is 2.14. The molecule has 3 fully saturated rings. The van der Waals surface area contributed by atoms with E-state index in [0.29, 0.717) is 5.92 Å². The van der Waals surface area contributed by atoms with E-state index < -0.39 is 23.1 Å². The van der Waals surface area contributed by atoms with E-state index in [9.17, 15) is 14.4 Å². The summed E-state index contributed by atoms with van der Waals surface area (Å²) >= 11 is 0. The van der Waals surface area contributed by atoms with Crippen LogP contribution < -0.4 is 5.56 Å². The third-order valence-corrected chi connectivity index (χ3v) is 4.03. The molecular formula is C12H11NO5. The molecule has 3 aliphatic rings. The van der Waals surface area contributed by atoms with E-state index in [2.05, 4.69) is 0 Å². The van der Waals surface area contributed by atoms with Gasteiger partial charge in [0.2, 0.25) is 0 Å². The summed E-state index contributed by atoms with van der Waals surface area (Å²) in [6.07, 6.45) is 3.85. The fraction of sp³-hybridized carbons (Fsp3) is 0.417. The van der Waals surface area contributed by atoms with Crippen molar-refractivity contribution < 1.29 is 19.8 Å². The Labute approximate surface area is 101 Å². The molecule has 0 atom stereocenters. The highest BCUT2D eigenvalue weighted by Crippen LogP contribution is 2.61. The first kappa shape index (κ1) is 11.0. The molecule has 0 radical (unpaired) electrons. The Bertz CT molecular complexity index is 613. The summed E-state index contributed by atoms with van der Waals surface area (Å²) in [6, 6.07) is 0.909. The van der Waals surface area contributed by atoms with Crippen LogP contribution in [-0.4, -0.2) is 26.7 Å². The zero-order valence-corrected chi connectivity index (χ0v) is 9.42. The number of carboxylic acids is 2. The number of carboxylic acid groups (broad SMARTS) is 2. The summed E-state index contributed by atoms with van der Waals surface area (Å²) < 4.78 is 1.41. The molecular weight excluding hydrogens is 238 g/mol. The minimum atomic E-state index is -1.39. The molecule has 0 saturated heterocycles. The summed E-state index contributed by atoms with van der Waals surface area (Å²) in [5, 5.41) is 17.9. The molecule has 3 saturated carbocycles. The maximum Gasteiger partial charge on any atom is 0.338 e.